The average Bonchev–Trinajstić information content (AvgIpc) is 3.33. The molecule has 162 valence electrons. The van der Waals surface area contributed by atoms with Crippen molar-refractivity contribution >= 4 is 54.1 Å². The van der Waals surface area contributed by atoms with Gasteiger partial charge in [0.2, 0.25) is 0 Å². The first-order valence-electron chi connectivity index (χ1n) is 12.0. The van der Waals surface area contributed by atoms with E-state index >= 15 is 0 Å². The second-order valence-electron chi connectivity index (χ2n) is 9.20. The van der Waals surface area contributed by atoms with Crippen LogP contribution in [-0.2, 0) is 0 Å². The van der Waals surface area contributed by atoms with Gasteiger partial charge >= 0.3 is 0 Å². The van der Waals surface area contributed by atoms with Crippen LogP contribution >= 0.6 is 0 Å². The molecule has 0 aliphatic carbocycles. The third-order valence-corrected chi connectivity index (χ3v) is 7.32. The predicted octanol–water partition coefficient (Wildman–Crippen LogP) is 8.74. The van der Waals surface area contributed by atoms with Gasteiger partial charge in [-0.15, -0.1) is 0 Å². The summed E-state index contributed by atoms with van der Waals surface area (Å²) in [5, 5.41) is 10.0. The van der Waals surface area contributed by atoms with Gasteiger partial charge in [-0.1, -0.05) is 109 Å². The van der Waals surface area contributed by atoms with Crippen LogP contribution in [-0.4, -0.2) is 9.55 Å². The minimum absolute atomic E-state index is 0.972. The van der Waals surface area contributed by atoms with Crippen molar-refractivity contribution in [2.24, 2.45) is 0 Å². The van der Waals surface area contributed by atoms with Gasteiger partial charge in [0.25, 0.3) is 0 Å². The van der Waals surface area contributed by atoms with Gasteiger partial charge in [0.05, 0.1) is 11.0 Å². The van der Waals surface area contributed by atoms with Crippen LogP contribution in [0, 0.1) is 0 Å². The summed E-state index contributed by atoms with van der Waals surface area (Å²) in [5.41, 5.74) is 4.47. The van der Waals surface area contributed by atoms with Crippen LogP contribution in [0.1, 0.15) is 0 Å². The topological polar surface area (TPSA) is 17.8 Å². The van der Waals surface area contributed by atoms with E-state index in [9.17, 15) is 0 Å². The number of para-hydroxylation sites is 1. The molecule has 0 unspecified atom stereocenters. The molecule has 2 heteroatoms. The maximum atomic E-state index is 5.42. The van der Waals surface area contributed by atoms with Crippen LogP contribution in [0.15, 0.2) is 121 Å². The summed E-state index contributed by atoms with van der Waals surface area (Å²) in [6.45, 7) is 0. The highest BCUT2D eigenvalue weighted by Gasteiger charge is 2.22. The Morgan fingerprint density at radius 3 is 1.89 bits per heavy atom. The Morgan fingerprint density at radius 2 is 1.06 bits per heavy atom. The van der Waals surface area contributed by atoms with E-state index in [4.69, 9.17) is 4.98 Å². The molecule has 0 saturated carbocycles. The van der Waals surface area contributed by atoms with Crippen molar-refractivity contribution in [1.29, 1.82) is 0 Å². The Kier molecular flexibility index (Phi) is 3.69. The standard InChI is InChI=1S/C33H20N2/c1-2-13-24(14-3-1)35-32-28-18-8-12-23-20-19-22-11-7-17-27(29(22)30(23)28)31(32)34-33(35)26-16-6-10-21-9-4-5-15-25(21)26/h1-20H. The first-order chi connectivity index (χ1) is 17.4. The van der Waals surface area contributed by atoms with Crippen molar-refractivity contribution in [2.75, 3.05) is 0 Å². The van der Waals surface area contributed by atoms with Crippen LogP contribution in [0.3, 0.4) is 0 Å². The zero-order chi connectivity index (χ0) is 22.9. The molecule has 0 N–H and O–H groups in total. The molecule has 0 amide bonds. The molecule has 1 aromatic heterocycles. The highest BCUT2D eigenvalue weighted by molar-refractivity contribution is 6.33. The van der Waals surface area contributed by atoms with Crippen LogP contribution in [0.25, 0.3) is 71.2 Å². The summed E-state index contributed by atoms with van der Waals surface area (Å²) in [6.07, 6.45) is 0. The summed E-state index contributed by atoms with van der Waals surface area (Å²) in [4.78, 5) is 5.42. The highest BCUT2D eigenvalue weighted by Crippen LogP contribution is 2.43. The van der Waals surface area contributed by atoms with Crippen molar-refractivity contribution in [3.05, 3.63) is 121 Å². The summed E-state index contributed by atoms with van der Waals surface area (Å²) in [6, 6.07) is 43.4. The average molecular weight is 445 g/mol. The van der Waals surface area contributed by atoms with Crippen LogP contribution in [0.2, 0.25) is 0 Å². The number of hydrogen-bond acceptors (Lipinski definition) is 1. The van der Waals surface area contributed by atoms with E-state index in [1.165, 1.54) is 43.1 Å². The number of benzene rings is 7. The normalized spacial score (nSPS) is 12.0. The van der Waals surface area contributed by atoms with Gasteiger partial charge in [0, 0.05) is 22.0 Å². The van der Waals surface area contributed by atoms with Gasteiger partial charge in [0.15, 0.2) is 0 Å². The Hall–Kier alpha value is -4.69. The lowest BCUT2D eigenvalue weighted by Crippen LogP contribution is -1.98. The molecule has 0 radical (unpaired) electrons. The summed E-state index contributed by atoms with van der Waals surface area (Å²) < 4.78 is 2.36. The molecule has 8 aromatic rings. The second-order valence-corrected chi connectivity index (χ2v) is 9.20. The molecule has 0 spiro atoms. The van der Waals surface area contributed by atoms with E-state index in [0.717, 1.165) is 28.1 Å². The summed E-state index contributed by atoms with van der Waals surface area (Å²) in [5.74, 6) is 0.972. The fourth-order valence-electron chi connectivity index (χ4n) is 5.84. The van der Waals surface area contributed by atoms with E-state index in [0.29, 0.717) is 0 Å². The van der Waals surface area contributed by atoms with Crippen LogP contribution < -0.4 is 0 Å². The van der Waals surface area contributed by atoms with Gasteiger partial charge in [0.1, 0.15) is 5.82 Å². The molecule has 0 saturated heterocycles. The second kappa shape index (κ2) is 6.91. The van der Waals surface area contributed by atoms with E-state index in [1.807, 2.05) is 0 Å². The van der Waals surface area contributed by atoms with Crippen LogP contribution in [0.5, 0.6) is 0 Å². The molecule has 1 heterocycles. The number of fused-ring (bicyclic) bond motifs is 4. The minimum atomic E-state index is 0.972. The Morgan fingerprint density at radius 1 is 0.457 bits per heavy atom. The Bertz CT molecular complexity index is 2040. The lowest BCUT2D eigenvalue weighted by molar-refractivity contribution is 1.11. The number of aromatic nitrogens is 2. The fourth-order valence-corrected chi connectivity index (χ4v) is 5.84. The molecule has 0 aliphatic rings. The zero-order valence-electron chi connectivity index (χ0n) is 18.9. The molecule has 2 nitrogen and oxygen atoms in total. The molecule has 35 heavy (non-hydrogen) atoms. The number of imidazole rings is 1. The number of nitrogens with zero attached hydrogens (tertiary/aromatic N) is 2. The van der Waals surface area contributed by atoms with Crippen molar-refractivity contribution < 1.29 is 0 Å². The monoisotopic (exact) mass is 444 g/mol. The smallest absolute Gasteiger partial charge is 0.146 e. The van der Waals surface area contributed by atoms with E-state index in [2.05, 4.69) is 126 Å². The van der Waals surface area contributed by atoms with Gasteiger partial charge in [-0.25, -0.2) is 4.98 Å². The molecule has 0 aliphatic heterocycles. The molecular formula is C33H20N2. The summed E-state index contributed by atoms with van der Waals surface area (Å²) >= 11 is 0. The third kappa shape index (κ3) is 2.51. The van der Waals surface area contributed by atoms with Crippen molar-refractivity contribution in [3.8, 4) is 17.1 Å². The van der Waals surface area contributed by atoms with Gasteiger partial charge in [-0.2, -0.15) is 0 Å². The van der Waals surface area contributed by atoms with Crippen LogP contribution in [0.4, 0.5) is 0 Å². The van der Waals surface area contributed by atoms with Gasteiger partial charge < -0.3 is 0 Å². The van der Waals surface area contributed by atoms with Gasteiger partial charge in [-0.05, 0) is 44.5 Å². The first kappa shape index (κ1) is 18.7. The maximum absolute atomic E-state index is 5.42. The molecular weight excluding hydrogens is 424 g/mol. The predicted molar refractivity (Wildman–Crippen MR) is 148 cm³/mol. The van der Waals surface area contributed by atoms with Gasteiger partial charge in [-0.3, -0.25) is 4.57 Å². The Labute approximate surface area is 202 Å². The first-order valence-corrected chi connectivity index (χ1v) is 12.0. The summed E-state index contributed by atoms with van der Waals surface area (Å²) in [7, 11) is 0. The number of rotatable bonds is 2. The fraction of sp³-hybridized carbons (Fsp3) is 0. The molecule has 0 atom stereocenters. The minimum Gasteiger partial charge on any atom is -0.292 e. The molecule has 0 fully saturated rings. The number of hydrogen-bond donors (Lipinski definition) is 0. The lowest BCUT2D eigenvalue weighted by atomic mass is 9.93. The maximum Gasteiger partial charge on any atom is 0.146 e. The zero-order valence-corrected chi connectivity index (χ0v) is 18.9. The Balaban J connectivity index is 1.67. The largest absolute Gasteiger partial charge is 0.292 e. The van der Waals surface area contributed by atoms with E-state index in [1.54, 1.807) is 0 Å². The highest BCUT2D eigenvalue weighted by atomic mass is 15.1. The SMILES string of the molecule is c1ccc(-n2c(-c3cccc4ccccc34)nc3c4cccc5ccc6cccc(c6c54)c32)cc1. The molecule has 8 rings (SSSR count). The van der Waals surface area contributed by atoms with E-state index in [-0.39, 0.29) is 0 Å². The quantitative estimate of drug-likeness (QED) is 0.244. The van der Waals surface area contributed by atoms with E-state index < -0.39 is 0 Å². The third-order valence-electron chi connectivity index (χ3n) is 7.32. The van der Waals surface area contributed by atoms with Crippen molar-refractivity contribution in [3.63, 3.8) is 0 Å². The molecule has 0 bridgehead atoms. The lowest BCUT2D eigenvalue weighted by Gasteiger charge is -2.15. The van der Waals surface area contributed by atoms with Crippen molar-refractivity contribution in [1.82, 2.24) is 9.55 Å². The van der Waals surface area contributed by atoms with Crippen molar-refractivity contribution in [2.45, 2.75) is 0 Å². The molecule has 7 aromatic carbocycles.